The van der Waals surface area contributed by atoms with Crippen LogP contribution < -0.4 is 10.5 Å². The van der Waals surface area contributed by atoms with E-state index in [0.29, 0.717) is 18.0 Å². The number of primary sulfonamides is 1. The van der Waals surface area contributed by atoms with E-state index in [4.69, 9.17) is 5.14 Å². The van der Waals surface area contributed by atoms with Crippen LogP contribution in [0.2, 0.25) is 0 Å². The highest BCUT2D eigenvalue weighted by molar-refractivity contribution is 7.89. The average molecular weight is 270 g/mol. The Bertz CT molecular complexity index is 509. The minimum atomic E-state index is -3.68. The van der Waals surface area contributed by atoms with Crippen molar-refractivity contribution in [1.82, 2.24) is 0 Å². The van der Waals surface area contributed by atoms with Crippen molar-refractivity contribution in [1.29, 1.82) is 0 Å². The monoisotopic (exact) mass is 270 g/mol. The van der Waals surface area contributed by atoms with Gasteiger partial charge in [-0.3, -0.25) is 4.79 Å². The zero-order valence-corrected chi connectivity index (χ0v) is 11.3. The third kappa shape index (κ3) is 4.46. The number of nitrogens with two attached hydrogens (primary N) is 1. The summed E-state index contributed by atoms with van der Waals surface area (Å²) in [6.45, 7) is 4.03. The Kier molecular flexibility index (Phi) is 4.86. The third-order valence-corrected chi connectivity index (χ3v) is 3.63. The van der Waals surface area contributed by atoms with Crippen molar-refractivity contribution in [2.45, 2.75) is 31.6 Å². The molecule has 18 heavy (non-hydrogen) atoms. The largest absolute Gasteiger partial charge is 0.326 e. The highest BCUT2D eigenvalue weighted by atomic mass is 32.2. The van der Waals surface area contributed by atoms with E-state index in [-0.39, 0.29) is 10.8 Å². The molecule has 0 aromatic heterocycles. The van der Waals surface area contributed by atoms with Gasteiger partial charge in [-0.1, -0.05) is 20.3 Å². The Hall–Kier alpha value is -1.40. The Balaban J connectivity index is 2.67. The standard InChI is InChI=1S/C12H18N2O3S/c1-3-9(2)8-12(15)14-10-4-6-11(7-5-10)18(13,16)17/h4-7,9H,3,8H2,1-2H3,(H,14,15)(H2,13,16,17). The number of rotatable bonds is 5. The normalized spacial score (nSPS) is 13.1. The van der Waals surface area contributed by atoms with Gasteiger partial charge >= 0.3 is 0 Å². The molecule has 0 radical (unpaired) electrons. The van der Waals surface area contributed by atoms with E-state index in [2.05, 4.69) is 5.32 Å². The molecule has 0 saturated carbocycles. The quantitative estimate of drug-likeness (QED) is 0.853. The molecule has 1 aromatic rings. The van der Waals surface area contributed by atoms with Crippen molar-refractivity contribution in [2.24, 2.45) is 11.1 Å². The predicted octanol–water partition coefficient (Wildman–Crippen LogP) is 1.71. The van der Waals surface area contributed by atoms with E-state index in [9.17, 15) is 13.2 Å². The van der Waals surface area contributed by atoms with Gasteiger partial charge in [-0.05, 0) is 30.2 Å². The summed E-state index contributed by atoms with van der Waals surface area (Å²) in [6, 6.07) is 5.78. The Labute approximate surface area is 107 Å². The number of nitrogens with one attached hydrogen (secondary N) is 1. The molecule has 1 unspecified atom stereocenters. The Morgan fingerprint density at radius 1 is 1.33 bits per heavy atom. The summed E-state index contributed by atoms with van der Waals surface area (Å²) in [5.74, 6) is 0.251. The Morgan fingerprint density at radius 3 is 2.33 bits per heavy atom. The molecule has 1 rings (SSSR count). The lowest BCUT2D eigenvalue weighted by Crippen LogP contribution is -2.15. The van der Waals surface area contributed by atoms with E-state index < -0.39 is 10.0 Å². The topological polar surface area (TPSA) is 89.3 Å². The van der Waals surface area contributed by atoms with Crippen LogP contribution in [0, 0.1) is 5.92 Å². The lowest BCUT2D eigenvalue weighted by molar-refractivity contribution is -0.117. The molecule has 0 aliphatic carbocycles. The molecule has 3 N–H and O–H groups in total. The van der Waals surface area contributed by atoms with Gasteiger partial charge < -0.3 is 5.32 Å². The number of sulfonamides is 1. The van der Waals surface area contributed by atoms with Crippen LogP contribution in [0.4, 0.5) is 5.69 Å². The lowest BCUT2D eigenvalue weighted by atomic mass is 10.1. The first-order valence-corrected chi connectivity index (χ1v) is 7.30. The molecule has 100 valence electrons. The number of carbonyl (C=O) groups excluding carboxylic acids is 1. The van der Waals surface area contributed by atoms with Crippen LogP contribution in [0.15, 0.2) is 29.2 Å². The molecule has 0 aliphatic rings. The van der Waals surface area contributed by atoms with E-state index >= 15 is 0 Å². The molecular formula is C12H18N2O3S. The van der Waals surface area contributed by atoms with Gasteiger partial charge in [0.2, 0.25) is 15.9 Å². The molecule has 1 atom stereocenters. The van der Waals surface area contributed by atoms with Crippen molar-refractivity contribution in [3.63, 3.8) is 0 Å². The van der Waals surface area contributed by atoms with Gasteiger partial charge in [-0.15, -0.1) is 0 Å². The smallest absolute Gasteiger partial charge is 0.238 e. The van der Waals surface area contributed by atoms with Crippen LogP contribution in [-0.2, 0) is 14.8 Å². The van der Waals surface area contributed by atoms with E-state index in [0.717, 1.165) is 6.42 Å². The molecule has 6 heteroatoms. The van der Waals surface area contributed by atoms with Crippen LogP contribution in [0.1, 0.15) is 26.7 Å². The van der Waals surface area contributed by atoms with Gasteiger partial charge in [0.05, 0.1) is 4.90 Å². The van der Waals surface area contributed by atoms with Gasteiger partial charge in [0.1, 0.15) is 0 Å². The number of benzene rings is 1. The van der Waals surface area contributed by atoms with Crippen LogP contribution in [0.3, 0.4) is 0 Å². The minimum Gasteiger partial charge on any atom is -0.326 e. The van der Waals surface area contributed by atoms with Crippen LogP contribution in [-0.4, -0.2) is 14.3 Å². The minimum absolute atomic E-state index is 0.0300. The van der Waals surface area contributed by atoms with Gasteiger partial charge in [0, 0.05) is 12.1 Å². The molecule has 5 nitrogen and oxygen atoms in total. The fourth-order valence-electron chi connectivity index (χ4n) is 1.40. The first kappa shape index (κ1) is 14.7. The maximum atomic E-state index is 11.6. The molecule has 1 amide bonds. The van der Waals surface area contributed by atoms with Crippen LogP contribution >= 0.6 is 0 Å². The summed E-state index contributed by atoms with van der Waals surface area (Å²) < 4.78 is 22.1. The maximum Gasteiger partial charge on any atom is 0.238 e. The predicted molar refractivity (Wildman–Crippen MR) is 70.5 cm³/mol. The molecular weight excluding hydrogens is 252 g/mol. The van der Waals surface area contributed by atoms with Crippen molar-refractivity contribution < 1.29 is 13.2 Å². The third-order valence-electron chi connectivity index (χ3n) is 2.70. The zero-order chi connectivity index (χ0) is 13.8. The second-order valence-corrected chi connectivity index (χ2v) is 5.90. The first-order chi connectivity index (χ1) is 8.32. The van der Waals surface area contributed by atoms with Crippen molar-refractivity contribution in [2.75, 3.05) is 5.32 Å². The number of hydrogen-bond acceptors (Lipinski definition) is 3. The summed E-state index contributed by atoms with van der Waals surface area (Å²) in [4.78, 5) is 11.6. The van der Waals surface area contributed by atoms with Gasteiger partial charge in [-0.25, -0.2) is 13.6 Å². The van der Waals surface area contributed by atoms with Crippen molar-refractivity contribution in [3.05, 3.63) is 24.3 Å². The summed E-state index contributed by atoms with van der Waals surface area (Å²) in [5, 5.41) is 7.69. The summed E-state index contributed by atoms with van der Waals surface area (Å²) in [5.41, 5.74) is 0.565. The summed E-state index contributed by atoms with van der Waals surface area (Å²) in [7, 11) is -3.68. The lowest BCUT2D eigenvalue weighted by Gasteiger charge is -2.09. The average Bonchev–Trinajstić information content (AvgIpc) is 2.28. The second-order valence-electron chi connectivity index (χ2n) is 4.34. The first-order valence-electron chi connectivity index (χ1n) is 5.75. The van der Waals surface area contributed by atoms with Gasteiger partial charge in [0.15, 0.2) is 0 Å². The van der Waals surface area contributed by atoms with Crippen molar-refractivity contribution in [3.8, 4) is 0 Å². The van der Waals surface area contributed by atoms with Gasteiger partial charge in [0.25, 0.3) is 0 Å². The molecule has 0 bridgehead atoms. The highest BCUT2D eigenvalue weighted by Crippen LogP contribution is 2.14. The van der Waals surface area contributed by atoms with Crippen LogP contribution in [0.5, 0.6) is 0 Å². The second kappa shape index (κ2) is 5.97. The van der Waals surface area contributed by atoms with E-state index in [1.165, 1.54) is 24.3 Å². The molecule has 0 fully saturated rings. The molecule has 0 saturated heterocycles. The van der Waals surface area contributed by atoms with Crippen molar-refractivity contribution >= 4 is 21.6 Å². The molecule has 0 spiro atoms. The summed E-state index contributed by atoms with van der Waals surface area (Å²) in [6.07, 6.45) is 1.39. The molecule has 0 aliphatic heterocycles. The number of hydrogen-bond donors (Lipinski definition) is 2. The van der Waals surface area contributed by atoms with E-state index in [1.807, 2.05) is 13.8 Å². The fourth-order valence-corrected chi connectivity index (χ4v) is 1.92. The number of anilines is 1. The SMILES string of the molecule is CCC(C)CC(=O)Nc1ccc(S(N)(=O)=O)cc1. The fraction of sp³-hybridized carbons (Fsp3) is 0.417. The molecule has 1 aromatic carbocycles. The maximum absolute atomic E-state index is 11.6. The number of carbonyl (C=O) groups is 1. The summed E-state index contributed by atoms with van der Waals surface area (Å²) >= 11 is 0. The highest BCUT2D eigenvalue weighted by Gasteiger charge is 2.09. The number of amides is 1. The molecule has 0 heterocycles. The Morgan fingerprint density at radius 2 is 1.89 bits per heavy atom. The van der Waals surface area contributed by atoms with Gasteiger partial charge in [-0.2, -0.15) is 0 Å². The van der Waals surface area contributed by atoms with E-state index in [1.54, 1.807) is 0 Å². The van der Waals surface area contributed by atoms with Crippen LogP contribution in [0.25, 0.3) is 0 Å². The zero-order valence-electron chi connectivity index (χ0n) is 10.5.